The second kappa shape index (κ2) is 7.87. The number of sulfonamides is 1. The van der Waals surface area contributed by atoms with Crippen molar-refractivity contribution < 1.29 is 18.3 Å². The van der Waals surface area contributed by atoms with Crippen molar-refractivity contribution in [2.24, 2.45) is 5.92 Å². The molecule has 7 heteroatoms. The van der Waals surface area contributed by atoms with Gasteiger partial charge in [0.15, 0.2) is 0 Å². The molecule has 1 aliphatic rings. The van der Waals surface area contributed by atoms with Crippen LogP contribution < -0.4 is 4.72 Å². The number of carboxylic acids is 1. The lowest BCUT2D eigenvalue weighted by atomic mass is 10.1. The summed E-state index contributed by atoms with van der Waals surface area (Å²) < 4.78 is 28.2. The zero-order chi connectivity index (χ0) is 21.4. The summed E-state index contributed by atoms with van der Waals surface area (Å²) in [5.74, 6) is -1.44. The molecule has 0 saturated heterocycles. The van der Waals surface area contributed by atoms with E-state index in [0.29, 0.717) is 11.4 Å². The molecule has 3 aromatic rings. The minimum absolute atomic E-state index is 0.0335. The van der Waals surface area contributed by atoms with Crippen LogP contribution in [0, 0.1) is 5.92 Å². The van der Waals surface area contributed by atoms with Gasteiger partial charge in [0, 0.05) is 5.02 Å². The van der Waals surface area contributed by atoms with Crippen LogP contribution in [0.1, 0.15) is 12.0 Å². The highest BCUT2D eigenvalue weighted by Gasteiger charge is 2.62. The van der Waals surface area contributed by atoms with Crippen LogP contribution in [-0.4, -0.2) is 25.0 Å². The Morgan fingerprint density at radius 3 is 2.10 bits per heavy atom. The molecule has 0 aliphatic heterocycles. The van der Waals surface area contributed by atoms with Gasteiger partial charge < -0.3 is 5.11 Å². The SMILES string of the molecule is O=C(O)[C@@]1(NS(=O)(=O)c2ccc(-c3ccc(Cl)cc3)cc2)C[C@H]1Cc1ccccc1. The van der Waals surface area contributed by atoms with Gasteiger partial charge in [0.25, 0.3) is 0 Å². The van der Waals surface area contributed by atoms with Gasteiger partial charge in [0.05, 0.1) is 4.90 Å². The van der Waals surface area contributed by atoms with Gasteiger partial charge in [-0.2, -0.15) is 4.72 Å². The molecule has 0 heterocycles. The Hall–Kier alpha value is -2.67. The Balaban J connectivity index is 1.53. The van der Waals surface area contributed by atoms with Crippen molar-refractivity contribution in [2.45, 2.75) is 23.3 Å². The van der Waals surface area contributed by atoms with Crippen LogP contribution in [0.4, 0.5) is 0 Å². The maximum atomic E-state index is 12.9. The summed E-state index contributed by atoms with van der Waals surface area (Å²) in [7, 11) is -3.98. The van der Waals surface area contributed by atoms with E-state index in [2.05, 4.69) is 4.72 Å². The monoisotopic (exact) mass is 441 g/mol. The van der Waals surface area contributed by atoms with Crippen molar-refractivity contribution in [3.63, 3.8) is 0 Å². The lowest BCUT2D eigenvalue weighted by Gasteiger charge is -2.16. The van der Waals surface area contributed by atoms with E-state index < -0.39 is 21.5 Å². The maximum absolute atomic E-state index is 12.9. The normalized spacial score (nSPS) is 20.6. The average Bonchev–Trinajstić information content (AvgIpc) is 3.42. The topological polar surface area (TPSA) is 83.5 Å². The van der Waals surface area contributed by atoms with E-state index in [1.54, 1.807) is 24.3 Å². The Bertz CT molecular complexity index is 1160. The molecule has 1 fully saturated rings. The van der Waals surface area contributed by atoms with E-state index in [4.69, 9.17) is 11.6 Å². The largest absolute Gasteiger partial charge is 0.480 e. The highest BCUT2D eigenvalue weighted by atomic mass is 35.5. The molecule has 2 atom stereocenters. The Morgan fingerprint density at radius 2 is 1.53 bits per heavy atom. The molecule has 0 unspecified atom stereocenters. The first-order valence-corrected chi connectivity index (χ1v) is 11.3. The summed E-state index contributed by atoms with van der Waals surface area (Å²) in [6.45, 7) is 0. The van der Waals surface area contributed by atoms with Gasteiger partial charge in [-0.25, -0.2) is 8.42 Å². The molecular formula is C23H20ClNO4S. The van der Waals surface area contributed by atoms with Crippen molar-refractivity contribution >= 4 is 27.6 Å². The zero-order valence-corrected chi connectivity index (χ0v) is 17.5. The van der Waals surface area contributed by atoms with Crippen LogP contribution >= 0.6 is 11.6 Å². The van der Waals surface area contributed by atoms with E-state index in [-0.39, 0.29) is 17.2 Å². The number of carboxylic acid groups (broad SMARTS) is 1. The summed E-state index contributed by atoms with van der Waals surface area (Å²) in [6, 6.07) is 23.1. The van der Waals surface area contributed by atoms with Gasteiger partial charge in [-0.3, -0.25) is 4.79 Å². The highest BCUT2D eigenvalue weighted by molar-refractivity contribution is 7.89. The smallest absolute Gasteiger partial charge is 0.325 e. The number of benzene rings is 3. The van der Waals surface area contributed by atoms with Gasteiger partial charge in [-0.1, -0.05) is 66.2 Å². The van der Waals surface area contributed by atoms with Crippen LogP contribution in [0.15, 0.2) is 83.8 Å². The number of nitrogens with one attached hydrogen (secondary N) is 1. The molecule has 1 aliphatic carbocycles. The van der Waals surface area contributed by atoms with Crippen molar-refractivity contribution in [1.82, 2.24) is 4.72 Å². The van der Waals surface area contributed by atoms with E-state index >= 15 is 0 Å². The second-order valence-corrected chi connectivity index (χ2v) is 9.62. The quantitative estimate of drug-likeness (QED) is 0.570. The molecule has 0 bridgehead atoms. The lowest BCUT2D eigenvalue weighted by Crippen LogP contribution is -2.45. The van der Waals surface area contributed by atoms with Crippen LogP contribution in [0.2, 0.25) is 5.02 Å². The summed E-state index contributed by atoms with van der Waals surface area (Å²) >= 11 is 5.90. The Kier molecular flexibility index (Phi) is 5.40. The summed E-state index contributed by atoms with van der Waals surface area (Å²) in [4.78, 5) is 12.0. The number of hydrogen-bond acceptors (Lipinski definition) is 3. The first-order valence-electron chi connectivity index (χ1n) is 9.47. The fraction of sp³-hybridized carbons (Fsp3) is 0.174. The molecule has 3 aromatic carbocycles. The minimum Gasteiger partial charge on any atom is -0.480 e. The number of hydrogen-bond donors (Lipinski definition) is 2. The Labute approximate surface area is 180 Å². The van der Waals surface area contributed by atoms with E-state index in [1.165, 1.54) is 12.1 Å². The highest BCUT2D eigenvalue weighted by Crippen LogP contribution is 2.47. The van der Waals surface area contributed by atoms with E-state index in [0.717, 1.165) is 16.7 Å². The average molecular weight is 442 g/mol. The molecule has 0 aromatic heterocycles. The zero-order valence-electron chi connectivity index (χ0n) is 16.0. The van der Waals surface area contributed by atoms with Gasteiger partial charge in [-0.15, -0.1) is 0 Å². The predicted octanol–water partition coefficient (Wildman–Crippen LogP) is 4.37. The molecule has 154 valence electrons. The molecule has 0 spiro atoms. The second-order valence-electron chi connectivity index (χ2n) is 7.50. The molecule has 0 amide bonds. The van der Waals surface area contributed by atoms with Gasteiger partial charge in [0.2, 0.25) is 10.0 Å². The predicted molar refractivity (Wildman–Crippen MR) is 116 cm³/mol. The van der Waals surface area contributed by atoms with Crippen LogP contribution in [-0.2, 0) is 21.2 Å². The van der Waals surface area contributed by atoms with Crippen LogP contribution in [0.5, 0.6) is 0 Å². The third-order valence-corrected chi connectivity index (χ3v) is 7.25. The molecule has 0 radical (unpaired) electrons. The number of aliphatic carboxylic acids is 1. The van der Waals surface area contributed by atoms with Gasteiger partial charge >= 0.3 is 5.97 Å². The fourth-order valence-corrected chi connectivity index (χ4v) is 5.23. The number of carbonyl (C=O) groups is 1. The molecule has 5 nitrogen and oxygen atoms in total. The summed E-state index contributed by atoms with van der Waals surface area (Å²) in [5, 5.41) is 10.4. The van der Waals surface area contributed by atoms with Crippen molar-refractivity contribution in [3.05, 3.63) is 89.4 Å². The molecule has 4 rings (SSSR count). The molecule has 1 saturated carbocycles. The van der Waals surface area contributed by atoms with Crippen molar-refractivity contribution in [1.29, 1.82) is 0 Å². The van der Waals surface area contributed by atoms with Gasteiger partial charge in [0.1, 0.15) is 5.54 Å². The van der Waals surface area contributed by atoms with Crippen LogP contribution in [0.3, 0.4) is 0 Å². The van der Waals surface area contributed by atoms with Crippen molar-refractivity contribution in [2.75, 3.05) is 0 Å². The molecule has 2 N–H and O–H groups in total. The standard InChI is InChI=1S/C23H20ClNO4S/c24-20-10-6-17(7-11-20)18-8-12-21(13-9-18)30(28,29)25-23(22(26)27)15-19(23)14-16-4-2-1-3-5-16/h1-13,19,25H,14-15H2,(H,26,27)/t19-,23-/m1/s1. The minimum atomic E-state index is -3.98. The lowest BCUT2D eigenvalue weighted by molar-refractivity contribution is -0.140. The summed E-state index contributed by atoms with van der Waals surface area (Å²) in [6.07, 6.45) is 0.768. The van der Waals surface area contributed by atoms with Crippen LogP contribution in [0.25, 0.3) is 11.1 Å². The number of halogens is 1. The third kappa shape index (κ3) is 4.12. The third-order valence-electron chi connectivity index (χ3n) is 5.47. The Morgan fingerprint density at radius 1 is 0.967 bits per heavy atom. The van der Waals surface area contributed by atoms with Crippen molar-refractivity contribution in [3.8, 4) is 11.1 Å². The first kappa shape index (κ1) is 20.6. The first-order chi connectivity index (χ1) is 14.3. The molecule has 30 heavy (non-hydrogen) atoms. The summed E-state index contributed by atoms with van der Waals surface area (Å²) in [5.41, 5.74) is 1.26. The van der Waals surface area contributed by atoms with E-state index in [1.807, 2.05) is 42.5 Å². The maximum Gasteiger partial charge on any atom is 0.325 e. The number of rotatable bonds is 7. The van der Waals surface area contributed by atoms with Gasteiger partial charge in [-0.05, 0) is 59.7 Å². The molecular weight excluding hydrogens is 422 g/mol. The fourth-order valence-electron chi connectivity index (χ4n) is 3.67. The van der Waals surface area contributed by atoms with E-state index in [9.17, 15) is 18.3 Å².